The second-order valence-electron chi connectivity index (χ2n) is 4.38. The summed E-state index contributed by atoms with van der Waals surface area (Å²) in [6.07, 6.45) is 0. The van der Waals surface area contributed by atoms with E-state index in [1.807, 2.05) is 31.2 Å². The molecule has 0 heterocycles. The van der Waals surface area contributed by atoms with E-state index in [2.05, 4.69) is 21.2 Å². The Balaban J connectivity index is 2.23. The van der Waals surface area contributed by atoms with E-state index in [0.717, 1.165) is 16.1 Å². The Kier molecular flexibility index (Phi) is 4.34. The average molecular weight is 339 g/mol. The van der Waals surface area contributed by atoms with Crippen molar-refractivity contribution in [3.8, 4) is 0 Å². The van der Waals surface area contributed by atoms with Crippen LogP contribution in [-0.2, 0) is 0 Å². The lowest BCUT2D eigenvalue weighted by Crippen LogP contribution is -2.07. The summed E-state index contributed by atoms with van der Waals surface area (Å²) >= 11 is 3.38. The number of benzene rings is 2. The van der Waals surface area contributed by atoms with Crippen LogP contribution in [0.1, 0.15) is 18.5 Å². The molecule has 1 atom stereocenters. The summed E-state index contributed by atoms with van der Waals surface area (Å²) in [5.41, 5.74) is 1.10. The molecular weight excluding hydrogens is 327 g/mol. The van der Waals surface area contributed by atoms with E-state index in [-0.39, 0.29) is 11.7 Å². The molecule has 20 heavy (non-hydrogen) atoms. The molecule has 0 saturated carbocycles. The van der Waals surface area contributed by atoms with Crippen LogP contribution < -0.4 is 5.32 Å². The number of hydrogen-bond donors (Lipinski definition) is 1. The maximum atomic E-state index is 13.4. The first-order valence-electron chi connectivity index (χ1n) is 5.92. The molecule has 0 aliphatic carbocycles. The molecule has 6 heteroatoms. The Morgan fingerprint density at radius 2 is 2.05 bits per heavy atom. The fourth-order valence-electron chi connectivity index (χ4n) is 1.87. The second-order valence-corrected chi connectivity index (χ2v) is 5.29. The van der Waals surface area contributed by atoms with Crippen molar-refractivity contribution in [3.63, 3.8) is 0 Å². The highest BCUT2D eigenvalue weighted by Gasteiger charge is 2.12. The minimum Gasteiger partial charge on any atom is -0.378 e. The van der Waals surface area contributed by atoms with E-state index >= 15 is 0 Å². The third-order valence-corrected chi connectivity index (χ3v) is 3.32. The van der Waals surface area contributed by atoms with Gasteiger partial charge in [0.2, 0.25) is 0 Å². The van der Waals surface area contributed by atoms with Crippen LogP contribution in [0.15, 0.2) is 46.9 Å². The number of halogens is 2. The summed E-state index contributed by atoms with van der Waals surface area (Å²) in [7, 11) is 0. The molecule has 0 fully saturated rings. The van der Waals surface area contributed by atoms with E-state index in [9.17, 15) is 14.5 Å². The van der Waals surface area contributed by atoms with Crippen LogP contribution in [0, 0.1) is 15.9 Å². The van der Waals surface area contributed by atoms with Gasteiger partial charge in [-0.3, -0.25) is 10.1 Å². The van der Waals surface area contributed by atoms with Gasteiger partial charge in [0, 0.05) is 22.3 Å². The number of nitrogens with zero attached hydrogens (tertiary/aromatic N) is 1. The summed E-state index contributed by atoms with van der Waals surface area (Å²) in [6, 6.07) is 11.0. The molecule has 0 radical (unpaired) electrons. The van der Waals surface area contributed by atoms with E-state index in [1.165, 1.54) is 12.1 Å². The first-order valence-corrected chi connectivity index (χ1v) is 6.72. The zero-order valence-corrected chi connectivity index (χ0v) is 12.2. The van der Waals surface area contributed by atoms with Crippen molar-refractivity contribution in [2.45, 2.75) is 13.0 Å². The van der Waals surface area contributed by atoms with Gasteiger partial charge in [-0.05, 0) is 30.7 Å². The van der Waals surface area contributed by atoms with Gasteiger partial charge in [-0.2, -0.15) is 0 Å². The Morgan fingerprint density at radius 1 is 1.30 bits per heavy atom. The van der Waals surface area contributed by atoms with Crippen LogP contribution >= 0.6 is 15.9 Å². The summed E-state index contributed by atoms with van der Waals surface area (Å²) in [6.45, 7) is 1.90. The number of non-ortho nitro benzene ring substituents is 1. The molecular formula is C14H12BrFN2O2. The normalized spacial score (nSPS) is 11.9. The molecule has 0 bridgehead atoms. The second kappa shape index (κ2) is 6.00. The van der Waals surface area contributed by atoms with Crippen LogP contribution in [0.4, 0.5) is 15.8 Å². The molecule has 104 valence electrons. The highest BCUT2D eigenvalue weighted by atomic mass is 79.9. The molecule has 2 aromatic rings. The standard InChI is InChI=1S/C14H12BrFN2O2/c1-9(10-3-2-4-11(15)5-10)17-13-6-12(16)7-14(8-13)18(19)20/h2-9,17H,1H3. The summed E-state index contributed by atoms with van der Waals surface area (Å²) in [5, 5.41) is 13.8. The molecule has 0 aliphatic heterocycles. The van der Waals surface area contributed by atoms with Crippen LogP contribution in [0.2, 0.25) is 0 Å². The maximum absolute atomic E-state index is 13.4. The first kappa shape index (κ1) is 14.5. The van der Waals surface area contributed by atoms with Gasteiger partial charge in [-0.15, -0.1) is 0 Å². The number of nitrogens with one attached hydrogen (secondary N) is 1. The van der Waals surface area contributed by atoms with Gasteiger partial charge in [-0.1, -0.05) is 28.1 Å². The van der Waals surface area contributed by atoms with Gasteiger partial charge < -0.3 is 5.32 Å². The average Bonchev–Trinajstić information content (AvgIpc) is 2.37. The SMILES string of the molecule is CC(Nc1cc(F)cc([N+](=O)[O-])c1)c1cccc(Br)c1. The third-order valence-electron chi connectivity index (χ3n) is 2.83. The molecule has 4 nitrogen and oxygen atoms in total. The lowest BCUT2D eigenvalue weighted by Gasteiger charge is -2.16. The van der Waals surface area contributed by atoms with Gasteiger partial charge in [0.1, 0.15) is 5.82 Å². The number of hydrogen-bond acceptors (Lipinski definition) is 3. The molecule has 2 rings (SSSR count). The lowest BCUT2D eigenvalue weighted by atomic mass is 10.1. The minimum absolute atomic E-state index is 0.103. The van der Waals surface area contributed by atoms with Crippen molar-refractivity contribution in [2.24, 2.45) is 0 Å². The van der Waals surface area contributed by atoms with E-state index < -0.39 is 10.7 Å². The van der Waals surface area contributed by atoms with Gasteiger partial charge in [0.25, 0.3) is 5.69 Å². The number of nitro benzene ring substituents is 1. The van der Waals surface area contributed by atoms with Crippen molar-refractivity contribution < 1.29 is 9.31 Å². The molecule has 0 aromatic heterocycles. The van der Waals surface area contributed by atoms with Gasteiger partial charge in [0.05, 0.1) is 11.0 Å². The number of anilines is 1. The number of nitro groups is 1. The Labute approximate surface area is 123 Å². The monoisotopic (exact) mass is 338 g/mol. The summed E-state index contributed by atoms with van der Waals surface area (Å²) in [4.78, 5) is 10.1. The van der Waals surface area contributed by atoms with Crippen molar-refractivity contribution in [3.05, 3.63) is 68.4 Å². The van der Waals surface area contributed by atoms with E-state index in [0.29, 0.717) is 5.69 Å². The quantitative estimate of drug-likeness (QED) is 0.651. The topological polar surface area (TPSA) is 55.2 Å². The highest BCUT2D eigenvalue weighted by Crippen LogP contribution is 2.25. The molecule has 1 N–H and O–H groups in total. The lowest BCUT2D eigenvalue weighted by molar-refractivity contribution is -0.385. The summed E-state index contributed by atoms with van der Waals surface area (Å²) in [5.74, 6) is -0.636. The third kappa shape index (κ3) is 3.54. The molecule has 0 saturated heterocycles. The minimum atomic E-state index is -0.636. The maximum Gasteiger partial charge on any atom is 0.274 e. The van der Waals surface area contributed by atoms with Crippen LogP contribution in [0.3, 0.4) is 0 Å². The van der Waals surface area contributed by atoms with Crippen molar-refractivity contribution in [1.29, 1.82) is 0 Å². The molecule has 0 amide bonds. The van der Waals surface area contributed by atoms with Crippen LogP contribution in [0.25, 0.3) is 0 Å². The Hall–Kier alpha value is -1.95. The predicted octanol–water partition coefficient (Wildman–Crippen LogP) is 4.67. The molecule has 1 unspecified atom stereocenters. The van der Waals surface area contributed by atoms with Crippen molar-refractivity contribution in [2.75, 3.05) is 5.32 Å². The zero-order chi connectivity index (χ0) is 14.7. The van der Waals surface area contributed by atoms with Crippen molar-refractivity contribution >= 4 is 27.3 Å². The smallest absolute Gasteiger partial charge is 0.274 e. The predicted molar refractivity (Wildman–Crippen MR) is 79.2 cm³/mol. The summed E-state index contributed by atoms with van der Waals surface area (Å²) < 4.78 is 14.3. The highest BCUT2D eigenvalue weighted by molar-refractivity contribution is 9.10. The van der Waals surface area contributed by atoms with Gasteiger partial charge >= 0.3 is 0 Å². The van der Waals surface area contributed by atoms with E-state index in [1.54, 1.807) is 0 Å². The van der Waals surface area contributed by atoms with Gasteiger partial charge in [0.15, 0.2) is 0 Å². The van der Waals surface area contributed by atoms with Crippen LogP contribution in [0.5, 0.6) is 0 Å². The molecule has 0 aliphatic rings. The van der Waals surface area contributed by atoms with Crippen LogP contribution in [-0.4, -0.2) is 4.92 Å². The number of rotatable bonds is 4. The molecule has 2 aromatic carbocycles. The molecule has 0 spiro atoms. The fourth-order valence-corrected chi connectivity index (χ4v) is 2.29. The Bertz CT molecular complexity index is 649. The van der Waals surface area contributed by atoms with E-state index in [4.69, 9.17) is 0 Å². The van der Waals surface area contributed by atoms with Gasteiger partial charge in [-0.25, -0.2) is 4.39 Å². The fraction of sp³-hybridized carbons (Fsp3) is 0.143. The Morgan fingerprint density at radius 3 is 2.70 bits per heavy atom. The van der Waals surface area contributed by atoms with Crippen molar-refractivity contribution in [1.82, 2.24) is 0 Å². The zero-order valence-electron chi connectivity index (χ0n) is 10.6. The largest absolute Gasteiger partial charge is 0.378 e. The first-order chi connectivity index (χ1) is 9.45.